The number of hydrogen-bond donors (Lipinski definition) is 2. The fraction of sp³-hybridized carbons (Fsp3) is 0.385. The molecule has 6 rings (SSSR count). The molecular formula is C26H26F2N6O3. The van der Waals surface area contributed by atoms with Crippen LogP contribution in [0, 0.1) is 11.8 Å². The van der Waals surface area contributed by atoms with Gasteiger partial charge in [0.15, 0.2) is 5.58 Å². The van der Waals surface area contributed by atoms with Crippen molar-refractivity contribution in [3.63, 3.8) is 0 Å². The summed E-state index contributed by atoms with van der Waals surface area (Å²) in [5, 5.41) is 7.51. The van der Waals surface area contributed by atoms with Crippen LogP contribution in [0.25, 0.3) is 33.3 Å². The van der Waals surface area contributed by atoms with Crippen molar-refractivity contribution in [3.05, 3.63) is 36.7 Å². The fourth-order valence-electron chi connectivity index (χ4n) is 4.77. The normalized spacial score (nSPS) is 21.5. The van der Waals surface area contributed by atoms with Crippen LogP contribution in [0.5, 0.6) is 0 Å². The summed E-state index contributed by atoms with van der Waals surface area (Å²) < 4.78 is 37.6. The van der Waals surface area contributed by atoms with Gasteiger partial charge in [-0.15, -0.1) is 0 Å². The average Bonchev–Trinajstić information content (AvgIpc) is 3.50. The lowest BCUT2D eigenvalue weighted by Crippen LogP contribution is -2.45. The Labute approximate surface area is 211 Å². The fourth-order valence-corrected chi connectivity index (χ4v) is 4.77. The monoisotopic (exact) mass is 508 g/mol. The molecule has 2 aliphatic rings. The second-order valence-electron chi connectivity index (χ2n) is 9.56. The summed E-state index contributed by atoms with van der Waals surface area (Å²) in [4.78, 5) is 28.0. The number of benzene rings is 1. The quantitative estimate of drug-likeness (QED) is 0.391. The topological polar surface area (TPSA) is 105 Å². The first kappa shape index (κ1) is 23.5. The van der Waals surface area contributed by atoms with Gasteiger partial charge in [0, 0.05) is 54.9 Å². The van der Waals surface area contributed by atoms with E-state index in [1.807, 2.05) is 17.0 Å². The van der Waals surface area contributed by atoms with Gasteiger partial charge in [-0.05, 0) is 36.6 Å². The van der Waals surface area contributed by atoms with Crippen LogP contribution in [0.1, 0.15) is 13.3 Å². The molecule has 0 radical (unpaired) electrons. The summed E-state index contributed by atoms with van der Waals surface area (Å²) in [6.45, 7) is 2.91. The Kier molecular flexibility index (Phi) is 5.86. The molecule has 2 fully saturated rings. The van der Waals surface area contributed by atoms with E-state index in [2.05, 4.69) is 27.5 Å². The number of carbonyl (C=O) groups excluding carboxylic acids is 1. The zero-order chi connectivity index (χ0) is 25.7. The number of alkyl halides is 2. The predicted octanol–water partition coefficient (Wildman–Crippen LogP) is 4.54. The Balaban J connectivity index is 1.36. The number of aromatic nitrogens is 3. The number of amides is 1. The number of ether oxygens (including phenoxy) is 1. The van der Waals surface area contributed by atoms with Gasteiger partial charge in [-0.3, -0.25) is 4.79 Å². The van der Waals surface area contributed by atoms with Crippen LogP contribution in [0.3, 0.4) is 0 Å². The molecule has 192 valence electrons. The van der Waals surface area contributed by atoms with Gasteiger partial charge in [0.25, 0.3) is 6.43 Å². The number of anilines is 3. The van der Waals surface area contributed by atoms with Gasteiger partial charge < -0.3 is 24.7 Å². The first-order valence-electron chi connectivity index (χ1n) is 12.2. The Bertz CT molecular complexity index is 1490. The molecular weight excluding hydrogens is 482 g/mol. The molecule has 9 nitrogen and oxygen atoms in total. The molecule has 1 aliphatic carbocycles. The maximum absolute atomic E-state index is 13.2. The number of halogens is 2. The van der Waals surface area contributed by atoms with Crippen molar-refractivity contribution in [1.29, 1.82) is 0 Å². The van der Waals surface area contributed by atoms with E-state index in [-0.39, 0.29) is 25.0 Å². The van der Waals surface area contributed by atoms with Gasteiger partial charge >= 0.3 is 0 Å². The molecule has 1 saturated heterocycles. The van der Waals surface area contributed by atoms with E-state index >= 15 is 0 Å². The minimum Gasteiger partial charge on any atom is -0.436 e. The Morgan fingerprint density at radius 2 is 2.03 bits per heavy atom. The molecule has 1 saturated carbocycles. The minimum atomic E-state index is -2.54. The number of oxazole rings is 1. The third-order valence-electron chi connectivity index (χ3n) is 7.05. The molecule has 4 heterocycles. The van der Waals surface area contributed by atoms with Crippen molar-refractivity contribution >= 4 is 45.1 Å². The largest absolute Gasteiger partial charge is 0.436 e. The van der Waals surface area contributed by atoms with Gasteiger partial charge in [0.2, 0.25) is 11.8 Å². The van der Waals surface area contributed by atoms with E-state index < -0.39 is 12.5 Å². The predicted molar refractivity (Wildman–Crippen MR) is 136 cm³/mol. The lowest BCUT2D eigenvalue weighted by Gasteiger charge is -2.34. The highest BCUT2D eigenvalue weighted by molar-refractivity contribution is 6.03. The number of nitrogens with one attached hydrogen (secondary N) is 2. The highest BCUT2D eigenvalue weighted by Crippen LogP contribution is 2.39. The molecule has 1 amide bonds. The van der Waals surface area contributed by atoms with Gasteiger partial charge in [0.05, 0.1) is 12.2 Å². The second-order valence-corrected chi connectivity index (χ2v) is 9.56. The van der Waals surface area contributed by atoms with Crippen LogP contribution in [-0.4, -0.2) is 60.1 Å². The number of carbonyl (C=O) groups is 1. The van der Waals surface area contributed by atoms with Gasteiger partial charge in [-0.25, -0.2) is 23.7 Å². The summed E-state index contributed by atoms with van der Waals surface area (Å²) in [6.07, 6.45) is 0.567. The average molecular weight is 509 g/mol. The van der Waals surface area contributed by atoms with E-state index in [0.29, 0.717) is 46.7 Å². The lowest BCUT2D eigenvalue weighted by molar-refractivity contribution is -0.117. The lowest BCUT2D eigenvalue weighted by atomic mass is 10.1. The van der Waals surface area contributed by atoms with E-state index in [0.717, 1.165) is 22.9 Å². The van der Waals surface area contributed by atoms with Crippen molar-refractivity contribution in [2.75, 3.05) is 42.3 Å². The second kappa shape index (κ2) is 9.22. The first-order chi connectivity index (χ1) is 17.9. The van der Waals surface area contributed by atoms with E-state index in [9.17, 15) is 13.6 Å². The highest BCUT2D eigenvalue weighted by atomic mass is 19.3. The first-order valence-corrected chi connectivity index (χ1v) is 12.2. The molecule has 0 bridgehead atoms. The molecule has 1 aliphatic heterocycles. The Morgan fingerprint density at radius 3 is 2.78 bits per heavy atom. The van der Waals surface area contributed by atoms with E-state index in [1.165, 1.54) is 0 Å². The number of fused-ring (bicyclic) bond motifs is 2. The maximum Gasteiger partial charge on any atom is 0.266 e. The summed E-state index contributed by atoms with van der Waals surface area (Å²) in [7, 11) is 1.77. The standard InChI is InChI=1S/C26H26F2N6O3/c1-13-7-15(13)25(35)33-22-9-16-17(10-30-22)24(29-2)31-11-18(16)26-32-19-8-14(3-4-20(19)37-26)34-5-6-36-21(12-34)23(27)28/h3-4,8-11,13,15,21,23H,5-7,12H2,1-2H3,(H,29,31)(H,30,33,35). The summed E-state index contributed by atoms with van der Waals surface area (Å²) in [5.74, 6) is 1.83. The van der Waals surface area contributed by atoms with Crippen molar-refractivity contribution in [2.45, 2.75) is 25.9 Å². The molecule has 37 heavy (non-hydrogen) atoms. The minimum absolute atomic E-state index is 0.0240. The van der Waals surface area contributed by atoms with Crippen molar-refractivity contribution in [3.8, 4) is 11.5 Å². The van der Waals surface area contributed by atoms with Crippen LogP contribution < -0.4 is 15.5 Å². The van der Waals surface area contributed by atoms with Gasteiger partial charge in [-0.1, -0.05) is 6.92 Å². The molecule has 1 aromatic carbocycles. The molecule has 3 unspecified atom stereocenters. The number of rotatable bonds is 6. The summed E-state index contributed by atoms with van der Waals surface area (Å²) >= 11 is 0. The van der Waals surface area contributed by atoms with E-state index in [1.54, 1.807) is 31.6 Å². The van der Waals surface area contributed by atoms with Crippen molar-refractivity contribution in [2.24, 2.45) is 11.8 Å². The zero-order valence-corrected chi connectivity index (χ0v) is 20.4. The number of nitrogens with zero attached hydrogens (tertiary/aromatic N) is 4. The van der Waals surface area contributed by atoms with Crippen LogP contribution in [0.2, 0.25) is 0 Å². The van der Waals surface area contributed by atoms with Crippen molar-refractivity contribution in [1.82, 2.24) is 15.0 Å². The highest BCUT2D eigenvalue weighted by Gasteiger charge is 2.39. The molecule has 0 spiro atoms. The Morgan fingerprint density at radius 1 is 1.19 bits per heavy atom. The van der Waals surface area contributed by atoms with Gasteiger partial charge in [-0.2, -0.15) is 0 Å². The number of morpholine rings is 1. The smallest absolute Gasteiger partial charge is 0.266 e. The van der Waals surface area contributed by atoms with Crippen molar-refractivity contribution < 1.29 is 22.7 Å². The SMILES string of the molecule is CNc1ncc(-c2nc3cc(N4CCOC(C(F)F)C4)ccc3o2)c2cc(NC(=O)C3CC3C)ncc12. The maximum atomic E-state index is 13.2. The van der Waals surface area contributed by atoms with Crippen LogP contribution in [0.4, 0.5) is 26.1 Å². The van der Waals surface area contributed by atoms with Crippen LogP contribution >= 0.6 is 0 Å². The van der Waals surface area contributed by atoms with Crippen LogP contribution in [-0.2, 0) is 9.53 Å². The zero-order valence-electron chi connectivity index (χ0n) is 20.4. The van der Waals surface area contributed by atoms with Gasteiger partial charge in [0.1, 0.15) is 23.3 Å². The molecule has 4 aromatic rings. The third kappa shape index (κ3) is 4.43. The molecule has 3 aromatic heterocycles. The molecule has 2 N–H and O–H groups in total. The molecule has 11 heteroatoms. The van der Waals surface area contributed by atoms with E-state index in [4.69, 9.17) is 14.1 Å². The summed E-state index contributed by atoms with van der Waals surface area (Å²) in [5.41, 5.74) is 2.59. The summed E-state index contributed by atoms with van der Waals surface area (Å²) in [6, 6.07) is 7.26. The Hall–Kier alpha value is -3.86. The number of hydrogen-bond acceptors (Lipinski definition) is 8. The molecule has 3 atom stereocenters. The number of pyridine rings is 2. The van der Waals surface area contributed by atoms with Crippen LogP contribution in [0.15, 0.2) is 41.1 Å². The third-order valence-corrected chi connectivity index (χ3v) is 7.05.